The predicted molar refractivity (Wildman–Crippen MR) is 54.9 cm³/mol. The summed E-state index contributed by atoms with van der Waals surface area (Å²) in [6.45, 7) is 0.601. The minimum atomic E-state index is 0.601. The molecule has 2 aromatic heterocycles. The monoisotopic (exact) mass is 210 g/mol. The highest BCUT2D eigenvalue weighted by molar-refractivity contribution is 7.19. The zero-order chi connectivity index (χ0) is 9.97. The molecule has 0 saturated carbocycles. The molecule has 6 nitrogen and oxygen atoms in total. The molecule has 2 aromatic rings. The molecule has 3 N–H and O–H groups in total. The second-order valence-electron chi connectivity index (χ2n) is 2.72. The fourth-order valence-corrected chi connectivity index (χ4v) is 1.58. The van der Waals surface area contributed by atoms with E-state index in [1.54, 1.807) is 10.9 Å². The Bertz CT molecular complexity index is 419. The van der Waals surface area contributed by atoms with Crippen LogP contribution in [0.4, 0.5) is 10.1 Å². The molecule has 0 amide bonds. The number of rotatable bonds is 3. The van der Waals surface area contributed by atoms with E-state index >= 15 is 0 Å². The second-order valence-corrected chi connectivity index (χ2v) is 3.78. The summed E-state index contributed by atoms with van der Waals surface area (Å²) in [4.78, 5) is 8.14. The molecule has 0 saturated heterocycles. The molecule has 0 aliphatic rings. The van der Waals surface area contributed by atoms with E-state index in [1.807, 2.05) is 7.05 Å². The van der Waals surface area contributed by atoms with Crippen LogP contribution < -0.4 is 11.1 Å². The van der Waals surface area contributed by atoms with Crippen molar-refractivity contribution in [3.63, 3.8) is 0 Å². The average Bonchev–Trinajstić information content (AvgIpc) is 2.72. The SMILES string of the molecule is Cn1ncnc1CNc1ncc(N)s1. The third kappa shape index (κ3) is 1.82. The number of nitrogens with zero attached hydrogens (tertiary/aromatic N) is 4. The van der Waals surface area contributed by atoms with Crippen molar-refractivity contribution in [2.75, 3.05) is 11.1 Å². The van der Waals surface area contributed by atoms with Crippen molar-refractivity contribution < 1.29 is 0 Å². The molecule has 0 aliphatic heterocycles. The average molecular weight is 210 g/mol. The molecule has 2 rings (SSSR count). The maximum atomic E-state index is 5.54. The van der Waals surface area contributed by atoms with Crippen LogP contribution in [-0.2, 0) is 13.6 Å². The van der Waals surface area contributed by atoms with Crippen molar-refractivity contribution in [2.24, 2.45) is 7.05 Å². The number of nitrogen functional groups attached to an aromatic ring is 1. The molecule has 0 fully saturated rings. The van der Waals surface area contributed by atoms with Gasteiger partial charge in [0.05, 0.1) is 12.7 Å². The Morgan fingerprint density at radius 1 is 1.57 bits per heavy atom. The quantitative estimate of drug-likeness (QED) is 0.769. The summed E-state index contributed by atoms with van der Waals surface area (Å²) in [5.74, 6) is 0.860. The number of aryl methyl sites for hydroxylation is 1. The molecule has 2 heterocycles. The van der Waals surface area contributed by atoms with Gasteiger partial charge >= 0.3 is 0 Å². The summed E-state index contributed by atoms with van der Waals surface area (Å²) in [5, 5.41) is 8.57. The molecular formula is C7H10N6S. The molecule has 7 heteroatoms. The lowest BCUT2D eigenvalue weighted by molar-refractivity contribution is 0.712. The first-order chi connectivity index (χ1) is 6.75. The van der Waals surface area contributed by atoms with Crippen LogP contribution in [0.5, 0.6) is 0 Å². The van der Waals surface area contributed by atoms with Gasteiger partial charge < -0.3 is 11.1 Å². The van der Waals surface area contributed by atoms with Gasteiger partial charge in [0, 0.05) is 7.05 Å². The molecule has 0 radical (unpaired) electrons. The van der Waals surface area contributed by atoms with Crippen LogP contribution in [0, 0.1) is 0 Å². The van der Waals surface area contributed by atoms with E-state index in [2.05, 4.69) is 20.4 Å². The van der Waals surface area contributed by atoms with Crippen molar-refractivity contribution >= 4 is 21.5 Å². The lowest BCUT2D eigenvalue weighted by Crippen LogP contribution is -2.06. The van der Waals surface area contributed by atoms with Crippen LogP contribution in [0.3, 0.4) is 0 Å². The van der Waals surface area contributed by atoms with Crippen molar-refractivity contribution in [1.29, 1.82) is 0 Å². The number of anilines is 2. The maximum absolute atomic E-state index is 5.54. The van der Waals surface area contributed by atoms with Gasteiger partial charge in [-0.25, -0.2) is 9.97 Å². The highest BCUT2D eigenvalue weighted by Crippen LogP contribution is 2.19. The Morgan fingerprint density at radius 3 is 3.00 bits per heavy atom. The van der Waals surface area contributed by atoms with Crippen molar-refractivity contribution in [1.82, 2.24) is 19.7 Å². The van der Waals surface area contributed by atoms with E-state index in [-0.39, 0.29) is 0 Å². The van der Waals surface area contributed by atoms with Gasteiger partial charge in [-0.1, -0.05) is 11.3 Å². The van der Waals surface area contributed by atoms with Crippen molar-refractivity contribution in [3.8, 4) is 0 Å². The molecule has 0 spiro atoms. The van der Waals surface area contributed by atoms with E-state index < -0.39 is 0 Å². The highest BCUT2D eigenvalue weighted by atomic mass is 32.1. The van der Waals surface area contributed by atoms with E-state index in [1.165, 1.54) is 17.7 Å². The van der Waals surface area contributed by atoms with Gasteiger partial charge in [-0.05, 0) is 0 Å². The third-order valence-corrected chi connectivity index (χ3v) is 2.51. The first kappa shape index (κ1) is 8.95. The molecule has 0 bridgehead atoms. The fourth-order valence-electron chi connectivity index (χ4n) is 1.00. The van der Waals surface area contributed by atoms with Crippen LogP contribution in [0.1, 0.15) is 5.82 Å². The van der Waals surface area contributed by atoms with Crippen LogP contribution in [-0.4, -0.2) is 19.7 Å². The van der Waals surface area contributed by atoms with Crippen molar-refractivity contribution in [3.05, 3.63) is 18.3 Å². The van der Waals surface area contributed by atoms with Gasteiger partial charge in [0.2, 0.25) is 0 Å². The Kier molecular flexibility index (Phi) is 2.32. The summed E-state index contributed by atoms with van der Waals surface area (Å²) in [6, 6.07) is 0. The van der Waals surface area contributed by atoms with Crippen LogP contribution in [0.15, 0.2) is 12.5 Å². The van der Waals surface area contributed by atoms with Gasteiger partial charge in [-0.3, -0.25) is 4.68 Å². The first-order valence-corrected chi connectivity index (χ1v) is 4.85. The lowest BCUT2D eigenvalue weighted by Gasteiger charge is -2.00. The minimum Gasteiger partial charge on any atom is -0.389 e. The Labute approximate surface area is 84.8 Å². The number of nitrogens with two attached hydrogens (primary N) is 1. The summed E-state index contributed by atoms with van der Waals surface area (Å²) in [6.07, 6.45) is 3.15. The van der Waals surface area contributed by atoms with Crippen LogP contribution in [0.2, 0.25) is 0 Å². The second kappa shape index (κ2) is 3.62. The molecule has 0 unspecified atom stereocenters. The summed E-state index contributed by atoms with van der Waals surface area (Å²) in [5.41, 5.74) is 5.54. The van der Waals surface area contributed by atoms with Crippen LogP contribution in [0.25, 0.3) is 0 Å². The maximum Gasteiger partial charge on any atom is 0.184 e. The molecule has 0 atom stereocenters. The number of nitrogens with one attached hydrogen (secondary N) is 1. The standard InChI is InChI=1S/C7H10N6S/c1-13-6(11-4-12-13)3-10-7-9-2-5(8)14-7/h2,4H,3,8H2,1H3,(H,9,10). The van der Waals surface area contributed by atoms with Gasteiger partial charge in [0.1, 0.15) is 17.2 Å². The summed E-state index contributed by atoms with van der Waals surface area (Å²) >= 11 is 1.41. The largest absolute Gasteiger partial charge is 0.389 e. The van der Waals surface area contributed by atoms with Gasteiger partial charge in [-0.2, -0.15) is 5.10 Å². The van der Waals surface area contributed by atoms with E-state index in [4.69, 9.17) is 5.73 Å². The van der Waals surface area contributed by atoms with Gasteiger partial charge in [-0.15, -0.1) is 0 Å². The Balaban J connectivity index is 1.98. The minimum absolute atomic E-state index is 0.601. The number of thiazole rings is 1. The normalized spacial score (nSPS) is 10.4. The predicted octanol–water partition coefficient (Wildman–Crippen LogP) is 0.466. The zero-order valence-electron chi connectivity index (χ0n) is 7.64. The Hall–Kier alpha value is -1.63. The van der Waals surface area contributed by atoms with Crippen LogP contribution >= 0.6 is 11.3 Å². The topological polar surface area (TPSA) is 81.7 Å². The first-order valence-electron chi connectivity index (χ1n) is 4.04. The fraction of sp³-hybridized carbons (Fsp3) is 0.286. The van der Waals surface area contributed by atoms with Gasteiger partial charge in [0.25, 0.3) is 0 Å². The summed E-state index contributed by atoms with van der Waals surface area (Å²) < 4.78 is 1.71. The molecule has 74 valence electrons. The summed E-state index contributed by atoms with van der Waals surface area (Å²) in [7, 11) is 1.85. The number of aromatic nitrogens is 4. The number of hydrogen-bond acceptors (Lipinski definition) is 6. The van der Waals surface area contributed by atoms with E-state index in [0.717, 1.165) is 11.0 Å². The Morgan fingerprint density at radius 2 is 2.43 bits per heavy atom. The third-order valence-electron chi connectivity index (χ3n) is 1.73. The smallest absolute Gasteiger partial charge is 0.184 e. The van der Waals surface area contributed by atoms with E-state index in [9.17, 15) is 0 Å². The van der Waals surface area contributed by atoms with Gasteiger partial charge in [0.15, 0.2) is 5.13 Å². The molecule has 14 heavy (non-hydrogen) atoms. The molecular weight excluding hydrogens is 200 g/mol. The molecule has 0 aliphatic carbocycles. The van der Waals surface area contributed by atoms with E-state index in [0.29, 0.717) is 11.5 Å². The number of hydrogen-bond donors (Lipinski definition) is 2. The molecule has 0 aromatic carbocycles. The highest BCUT2D eigenvalue weighted by Gasteiger charge is 2.02. The zero-order valence-corrected chi connectivity index (χ0v) is 8.45. The van der Waals surface area contributed by atoms with Crippen molar-refractivity contribution in [2.45, 2.75) is 6.54 Å². The lowest BCUT2D eigenvalue weighted by atomic mass is 10.6.